The Morgan fingerprint density at radius 1 is 1.17 bits per heavy atom. The van der Waals surface area contributed by atoms with Gasteiger partial charge in [0.15, 0.2) is 0 Å². The summed E-state index contributed by atoms with van der Waals surface area (Å²) in [5.74, 6) is 0.955. The van der Waals surface area contributed by atoms with E-state index in [1.165, 1.54) is 11.1 Å². The number of benzene rings is 1. The zero-order chi connectivity index (χ0) is 13.6. The molecule has 3 nitrogen and oxygen atoms in total. The molecule has 0 radical (unpaired) electrons. The van der Waals surface area contributed by atoms with E-state index in [-0.39, 0.29) is 5.54 Å². The highest BCUT2D eigenvalue weighted by Gasteiger charge is 2.07. The van der Waals surface area contributed by atoms with Crippen molar-refractivity contribution in [3.05, 3.63) is 29.3 Å². The molecule has 102 valence electrons. The van der Waals surface area contributed by atoms with Crippen molar-refractivity contribution >= 4 is 0 Å². The lowest BCUT2D eigenvalue weighted by molar-refractivity contribution is 0.404. The molecule has 0 aliphatic heterocycles. The summed E-state index contributed by atoms with van der Waals surface area (Å²) in [6.45, 7) is 11.4. The topological polar surface area (TPSA) is 33.3 Å². The molecule has 0 atom stereocenters. The Labute approximate surface area is 111 Å². The van der Waals surface area contributed by atoms with E-state index in [9.17, 15) is 0 Å². The molecule has 1 aromatic rings. The van der Waals surface area contributed by atoms with Gasteiger partial charge in [-0.1, -0.05) is 17.7 Å². The van der Waals surface area contributed by atoms with E-state index in [2.05, 4.69) is 50.5 Å². The van der Waals surface area contributed by atoms with Crippen molar-refractivity contribution < 1.29 is 4.74 Å². The molecular weight excluding hydrogens is 224 g/mol. The summed E-state index contributed by atoms with van der Waals surface area (Å²) >= 11 is 0. The number of ether oxygens (including phenoxy) is 1. The minimum atomic E-state index is 0.183. The molecule has 0 spiro atoms. The van der Waals surface area contributed by atoms with Crippen LogP contribution in [0.2, 0.25) is 0 Å². The summed E-state index contributed by atoms with van der Waals surface area (Å²) in [6.07, 6.45) is 0. The minimum Gasteiger partial charge on any atom is -0.496 e. The SMILES string of the molecule is COc1ccc(C)cc1CNCCNC(C)(C)C. The highest BCUT2D eigenvalue weighted by atomic mass is 16.5. The third kappa shape index (κ3) is 5.52. The van der Waals surface area contributed by atoms with Gasteiger partial charge in [0.1, 0.15) is 5.75 Å². The molecule has 1 aromatic carbocycles. The Kier molecular flexibility index (Phi) is 5.63. The second-order valence-electron chi connectivity index (χ2n) is 5.67. The van der Waals surface area contributed by atoms with Crippen molar-refractivity contribution in [3.8, 4) is 5.75 Å². The minimum absolute atomic E-state index is 0.183. The van der Waals surface area contributed by atoms with Crippen LogP contribution in [0.25, 0.3) is 0 Å². The maximum Gasteiger partial charge on any atom is 0.123 e. The molecule has 0 aliphatic carbocycles. The van der Waals surface area contributed by atoms with E-state index < -0.39 is 0 Å². The fourth-order valence-electron chi connectivity index (χ4n) is 1.79. The quantitative estimate of drug-likeness (QED) is 0.761. The number of nitrogens with one attached hydrogen (secondary N) is 2. The van der Waals surface area contributed by atoms with Crippen molar-refractivity contribution in [1.29, 1.82) is 0 Å². The Morgan fingerprint density at radius 2 is 1.89 bits per heavy atom. The van der Waals surface area contributed by atoms with Crippen LogP contribution in [-0.4, -0.2) is 25.7 Å². The predicted octanol–water partition coefficient (Wildman–Crippen LogP) is 2.48. The Hall–Kier alpha value is -1.06. The monoisotopic (exact) mass is 250 g/mol. The van der Waals surface area contributed by atoms with Gasteiger partial charge in [0.2, 0.25) is 0 Å². The van der Waals surface area contributed by atoms with Crippen LogP contribution in [-0.2, 0) is 6.54 Å². The lowest BCUT2D eigenvalue weighted by Crippen LogP contribution is -2.40. The van der Waals surface area contributed by atoms with Crippen molar-refractivity contribution in [3.63, 3.8) is 0 Å². The first-order valence-electron chi connectivity index (χ1n) is 6.51. The van der Waals surface area contributed by atoms with Crippen LogP contribution in [0.15, 0.2) is 18.2 Å². The van der Waals surface area contributed by atoms with E-state index in [0.717, 1.165) is 25.4 Å². The molecule has 0 aliphatic rings. The van der Waals surface area contributed by atoms with E-state index >= 15 is 0 Å². The maximum atomic E-state index is 5.36. The smallest absolute Gasteiger partial charge is 0.123 e. The molecule has 0 heterocycles. The van der Waals surface area contributed by atoms with Crippen LogP contribution in [0, 0.1) is 6.92 Å². The first-order valence-corrected chi connectivity index (χ1v) is 6.51. The van der Waals surface area contributed by atoms with Gasteiger partial charge in [-0.05, 0) is 33.8 Å². The lowest BCUT2D eigenvalue weighted by Gasteiger charge is -2.20. The average molecular weight is 250 g/mol. The van der Waals surface area contributed by atoms with Crippen LogP contribution in [0.4, 0.5) is 0 Å². The normalized spacial score (nSPS) is 11.6. The van der Waals surface area contributed by atoms with Gasteiger partial charge in [0.25, 0.3) is 0 Å². The molecule has 0 aromatic heterocycles. The van der Waals surface area contributed by atoms with Gasteiger partial charge < -0.3 is 15.4 Å². The molecule has 0 saturated carbocycles. The lowest BCUT2D eigenvalue weighted by atomic mass is 10.1. The largest absolute Gasteiger partial charge is 0.496 e. The third-order valence-corrected chi connectivity index (χ3v) is 2.71. The van der Waals surface area contributed by atoms with Gasteiger partial charge in [0, 0.05) is 30.7 Å². The van der Waals surface area contributed by atoms with Crippen molar-refractivity contribution in [1.82, 2.24) is 10.6 Å². The summed E-state index contributed by atoms with van der Waals surface area (Å²) in [5.41, 5.74) is 2.66. The molecule has 2 N–H and O–H groups in total. The van der Waals surface area contributed by atoms with Crippen LogP contribution < -0.4 is 15.4 Å². The Morgan fingerprint density at radius 3 is 2.50 bits per heavy atom. The number of hydrogen-bond acceptors (Lipinski definition) is 3. The summed E-state index contributed by atoms with van der Waals surface area (Å²) in [4.78, 5) is 0. The van der Waals surface area contributed by atoms with E-state index in [4.69, 9.17) is 4.74 Å². The number of aryl methyl sites for hydroxylation is 1. The summed E-state index contributed by atoms with van der Waals surface area (Å²) in [7, 11) is 1.72. The summed E-state index contributed by atoms with van der Waals surface area (Å²) in [5, 5.41) is 6.89. The molecule has 18 heavy (non-hydrogen) atoms. The van der Waals surface area contributed by atoms with Crippen LogP contribution in [0.5, 0.6) is 5.75 Å². The van der Waals surface area contributed by atoms with Crippen LogP contribution in [0.1, 0.15) is 31.9 Å². The van der Waals surface area contributed by atoms with E-state index in [0.29, 0.717) is 0 Å². The van der Waals surface area contributed by atoms with Crippen molar-refractivity contribution in [2.24, 2.45) is 0 Å². The number of rotatable bonds is 6. The van der Waals surface area contributed by atoms with E-state index in [1.807, 2.05) is 6.07 Å². The first-order chi connectivity index (χ1) is 8.42. The van der Waals surface area contributed by atoms with Crippen LogP contribution >= 0.6 is 0 Å². The van der Waals surface area contributed by atoms with Crippen LogP contribution in [0.3, 0.4) is 0 Å². The molecule has 1 rings (SSSR count). The highest BCUT2D eigenvalue weighted by Crippen LogP contribution is 2.19. The molecule has 0 amide bonds. The maximum absolute atomic E-state index is 5.36. The van der Waals surface area contributed by atoms with Crippen molar-refractivity contribution in [2.45, 2.75) is 39.8 Å². The van der Waals surface area contributed by atoms with E-state index in [1.54, 1.807) is 7.11 Å². The zero-order valence-corrected chi connectivity index (χ0v) is 12.3. The van der Waals surface area contributed by atoms with Gasteiger partial charge in [-0.2, -0.15) is 0 Å². The fraction of sp³-hybridized carbons (Fsp3) is 0.600. The molecule has 0 fully saturated rings. The molecule has 0 unspecified atom stereocenters. The van der Waals surface area contributed by atoms with Gasteiger partial charge in [0.05, 0.1) is 7.11 Å². The second kappa shape index (κ2) is 6.76. The average Bonchev–Trinajstić information content (AvgIpc) is 2.27. The summed E-state index contributed by atoms with van der Waals surface area (Å²) in [6, 6.07) is 6.27. The highest BCUT2D eigenvalue weighted by molar-refractivity contribution is 5.36. The number of hydrogen-bond donors (Lipinski definition) is 2. The molecular formula is C15H26N2O. The fourth-order valence-corrected chi connectivity index (χ4v) is 1.79. The Balaban J connectivity index is 2.37. The molecule has 3 heteroatoms. The van der Waals surface area contributed by atoms with Crippen molar-refractivity contribution in [2.75, 3.05) is 20.2 Å². The zero-order valence-electron chi connectivity index (χ0n) is 12.3. The van der Waals surface area contributed by atoms with Gasteiger partial charge in [-0.25, -0.2) is 0 Å². The molecule has 0 saturated heterocycles. The van der Waals surface area contributed by atoms with Gasteiger partial charge in [-0.15, -0.1) is 0 Å². The first kappa shape index (κ1) is 15.0. The second-order valence-corrected chi connectivity index (χ2v) is 5.67. The van der Waals surface area contributed by atoms with Gasteiger partial charge in [-0.3, -0.25) is 0 Å². The standard InChI is InChI=1S/C15H26N2O/c1-12-6-7-14(18-5)13(10-12)11-16-8-9-17-15(2,3)4/h6-7,10,16-17H,8-9,11H2,1-5H3. The van der Waals surface area contributed by atoms with Gasteiger partial charge >= 0.3 is 0 Å². The number of methoxy groups -OCH3 is 1. The summed E-state index contributed by atoms with van der Waals surface area (Å²) < 4.78 is 5.36. The third-order valence-electron chi connectivity index (χ3n) is 2.71. The Bertz CT molecular complexity index is 369. The molecule has 0 bridgehead atoms. The predicted molar refractivity (Wildman–Crippen MR) is 77.2 cm³/mol.